The van der Waals surface area contributed by atoms with Crippen LogP contribution < -0.4 is 0 Å². The second-order valence-corrected chi connectivity index (χ2v) is 13.0. The van der Waals surface area contributed by atoms with Crippen LogP contribution in [0.4, 0.5) is 0 Å². The lowest BCUT2D eigenvalue weighted by Gasteiger charge is -2.54. The smallest absolute Gasteiger partial charge is 0.274 e. The lowest BCUT2D eigenvalue weighted by atomic mass is 9.64. The fourth-order valence-electron chi connectivity index (χ4n) is 8.18. The fraction of sp³-hybridized carbons (Fsp3) is 0.364. The average molecular weight is 561 g/mol. The van der Waals surface area contributed by atoms with E-state index in [1.165, 1.54) is 11.1 Å². The highest BCUT2D eigenvalue weighted by Crippen LogP contribution is 2.45. The number of carbonyl (C=O) groups excluding carboxylic acids is 3. The van der Waals surface area contributed by atoms with Crippen molar-refractivity contribution in [2.75, 3.05) is 26.2 Å². The third-order valence-electron chi connectivity index (χ3n) is 9.81. The van der Waals surface area contributed by atoms with Crippen LogP contribution in [0, 0.1) is 10.8 Å². The van der Waals surface area contributed by atoms with Gasteiger partial charge in [0.15, 0.2) is 17.2 Å². The lowest BCUT2D eigenvalue weighted by molar-refractivity contribution is -0.153. The minimum Gasteiger partial charge on any atom is -0.335 e. The fourth-order valence-corrected chi connectivity index (χ4v) is 8.18. The number of Topliss-reactive ketones (excluding diaryl/α,β-unsaturated/α-hetero) is 1. The second-order valence-electron chi connectivity index (χ2n) is 13.0. The summed E-state index contributed by atoms with van der Waals surface area (Å²) in [7, 11) is 3.76. The summed E-state index contributed by atoms with van der Waals surface area (Å²) >= 11 is 0. The minimum atomic E-state index is -0.890. The Labute approximate surface area is 243 Å². The quantitative estimate of drug-likeness (QED) is 0.323. The molecule has 4 aromatic rings. The second kappa shape index (κ2) is 8.27. The Balaban J connectivity index is 1.09. The maximum absolute atomic E-state index is 14.1. The summed E-state index contributed by atoms with van der Waals surface area (Å²) in [4.78, 5) is 45.6. The van der Waals surface area contributed by atoms with Gasteiger partial charge in [-0.25, -0.2) is 0 Å². The Morgan fingerprint density at radius 1 is 0.667 bits per heavy atom. The van der Waals surface area contributed by atoms with Gasteiger partial charge < -0.3 is 9.80 Å². The van der Waals surface area contributed by atoms with Crippen molar-refractivity contribution in [3.63, 3.8) is 0 Å². The molecule has 0 radical (unpaired) electrons. The van der Waals surface area contributed by atoms with Gasteiger partial charge in [-0.15, -0.1) is 0 Å². The molecule has 4 heterocycles. The zero-order valence-electron chi connectivity index (χ0n) is 24.3. The van der Waals surface area contributed by atoms with Gasteiger partial charge in [0.2, 0.25) is 0 Å². The molecule has 8 rings (SSSR count). The van der Waals surface area contributed by atoms with Crippen molar-refractivity contribution >= 4 is 17.6 Å². The van der Waals surface area contributed by atoms with Crippen LogP contribution in [0.15, 0.2) is 48.5 Å². The molecule has 212 valence electrons. The highest BCUT2D eigenvalue weighted by atomic mass is 16.2. The standard InChI is InChI=1S/C33H32N6O3/c1-32-15-38(29(40)25-23-13-19-9-5-7-11-21(19)27(23)36(3)34-25)17-33(2,31(32)42)18-39(16-32)30(41)26-24-14-20-10-6-8-12-22(20)28(24)37(4)35-26/h5-12H,13-18H2,1-4H3. The van der Waals surface area contributed by atoms with Gasteiger partial charge in [-0.1, -0.05) is 48.5 Å². The van der Waals surface area contributed by atoms with Crippen LogP contribution in [0.3, 0.4) is 0 Å². The van der Waals surface area contributed by atoms with Gasteiger partial charge in [0.25, 0.3) is 11.8 Å². The number of amides is 2. The lowest BCUT2D eigenvalue weighted by Crippen LogP contribution is -2.69. The first-order chi connectivity index (χ1) is 20.1. The van der Waals surface area contributed by atoms with Crippen LogP contribution in [0.5, 0.6) is 0 Å². The SMILES string of the molecule is Cn1nc(C(=O)N2CC3(C)CN(C(=O)c4nn(C)c5c4Cc4ccccc4-5)CC(C)(C2)C3=O)c2c1-c1ccccc1C2. The zero-order chi connectivity index (χ0) is 29.1. The van der Waals surface area contributed by atoms with Crippen LogP contribution in [-0.2, 0) is 31.7 Å². The maximum atomic E-state index is 14.1. The number of fused-ring (bicyclic) bond motifs is 8. The molecule has 2 amide bonds. The maximum Gasteiger partial charge on any atom is 0.274 e. The summed E-state index contributed by atoms with van der Waals surface area (Å²) in [5, 5.41) is 9.33. The van der Waals surface area contributed by atoms with E-state index in [-0.39, 0.29) is 43.8 Å². The summed E-state index contributed by atoms with van der Waals surface area (Å²) < 4.78 is 3.61. The van der Waals surface area contributed by atoms with E-state index >= 15 is 0 Å². The van der Waals surface area contributed by atoms with E-state index in [2.05, 4.69) is 34.5 Å². The first-order valence-corrected chi connectivity index (χ1v) is 14.5. The molecule has 2 aliphatic heterocycles. The van der Waals surface area contributed by atoms with Gasteiger partial charge in [-0.05, 0) is 25.0 Å². The molecule has 0 N–H and O–H groups in total. The molecule has 0 atom stereocenters. The van der Waals surface area contributed by atoms with Crippen molar-refractivity contribution in [1.82, 2.24) is 29.4 Å². The first-order valence-electron chi connectivity index (χ1n) is 14.5. The van der Waals surface area contributed by atoms with Gasteiger partial charge in [-0.3, -0.25) is 23.7 Å². The van der Waals surface area contributed by atoms with E-state index in [0.717, 1.165) is 33.6 Å². The van der Waals surface area contributed by atoms with Crippen molar-refractivity contribution in [3.05, 3.63) is 82.2 Å². The predicted octanol–water partition coefficient (Wildman–Crippen LogP) is 3.49. The number of hydrogen-bond donors (Lipinski definition) is 0. The molecule has 42 heavy (non-hydrogen) atoms. The zero-order valence-corrected chi connectivity index (χ0v) is 24.3. The van der Waals surface area contributed by atoms with Gasteiger partial charge in [0.1, 0.15) is 0 Å². The predicted molar refractivity (Wildman–Crippen MR) is 156 cm³/mol. The molecule has 9 nitrogen and oxygen atoms in total. The Morgan fingerprint density at radius 2 is 1.05 bits per heavy atom. The number of carbonyl (C=O) groups is 3. The number of aromatic nitrogens is 4. The third kappa shape index (κ3) is 3.27. The van der Waals surface area contributed by atoms with E-state index in [1.54, 1.807) is 19.2 Å². The van der Waals surface area contributed by atoms with Crippen LogP contribution in [0.25, 0.3) is 22.5 Å². The van der Waals surface area contributed by atoms with Gasteiger partial charge in [0, 0.05) is 75.4 Å². The van der Waals surface area contributed by atoms with Crippen molar-refractivity contribution in [3.8, 4) is 22.5 Å². The Bertz CT molecular complexity index is 1730. The number of benzene rings is 2. The molecule has 0 unspecified atom stereocenters. The van der Waals surface area contributed by atoms with Crippen LogP contribution >= 0.6 is 0 Å². The number of aryl methyl sites for hydroxylation is 2. The summed E-state index contributed by atoms with van der Waals surface area (Å²) in [6.07, 6.45) is 1.34. The summed E-state index contributed by atoms with van der Waals surface area (Å²) in [6.45, 7) is 4.76. The molecule has 2 aromatic carbocycles. The third-order valence-corrected chi connectivity index (χ3v) is 9.81. The molecular formula is C33H32N6O3. The number of likely N-dealkylation sites (tertiary alicyclic amines) is 2. The highest BCUT2D eigenvalue weighted by Gasteiger charge is 2.58. The largest absolute Gasteiger partial charge is 0.335 e. The first kappa shape index (κ1) is 25.2. The normalized spacial score (nSPS) is 23.5. The van der Waals surface area contributed by atoms with Crippen molar-refractivity contribution < 1.29 is 14.4 Å². The molecular weight excluding hydrogens is 528 g/mol. The highest BCUT2D eigenvalue weighted by molar-refractivity contribution is 6.02. The molecule has 2 aromatic heterocycles. The van der Waals surface area contributed by atoms with Crippen LogP contribution in [-0.4, -0.2) is 73.1 Å². The van der Waals surface area contributed by atoms with Crippen molar-refractivity contribution in [2.45, 2.75) is 26.7 Å². The van der Waals surface area contributed by atoms with Crippen molar-refractivity contribution in [1.29, 1.82) is 0 Å². The molecule has 4 aliphatic rings. The number of nitrogens with zero attached hydrogens (tertiary/aromatic N) is 6. The molecule has 0 spiro atoms. The average Bonchev–Trinajstić information content (AvgIpc) is 3.69. The van der Waals surface area contributed by atoms with Crippen molar-refractivity contribution in [2.24, 2.45) is 24.9 Å². The van der Waals surface area contributed by atoms with E-state index in [4.69, 9.17) is 0 Å². The van der Waals surface area contributed by atoms with Gasteiger partial charge >= 0.3 is 0 Å². The Morgan fingerprint density at radius 3 is 1.45 bits per heavy atom. The van der Waals surface area contributed by atoms with Gasteiger partial charge in [0.05, 0.1) is 22.2 Å². The Hall–Kier alpha value is -4.53. The van der Waals surface area contributed by atoms with E-state index < -0.39 is 10.8 Å². The number of ketones is 1. The van der Waals surface area contributed by atoms with Crippen LogP contribution in [0.1, 0.15) is 57.1 Å². The molecule has 2 fully saturated rings. The summed E-state index contributed by atoms with van der Waals surface area (Å²) in [5.41, 5.74) is 7.62. The molecule has 2 aliphatic carbocycles. The molecule has 0 saturated carbocycles. The topological polar surface area (TPSA) is 93.3 Å². The van der Waals surface area contributed by atoms with E-state index in [1.807, 2.05) is 52.2 Å². The number of rotatable bonds is 2. The molecule has 9 heteroatoms. The summed E-state index contributed by atoms with van der Waals surface area (Å²) in [6, 6.07) is 16.4. The monoisotopic (exact) mass is 560 g/mol. The number of piperidine rings is 2. The molecule has 2 bridgehead atoms. The van der Waals surface area contributed by atoms with Gasteiger partial charge in [-0.2, -0.15) is 10.2 Å². The molecule has 2 saturated heterocycles. The summed E-state index contributed by atoms with van der Waals surface area (Å²) in [5.74, 6) is -0.185. The Kier molecular flexibility index (Phi) is 4.96. The number of hydrogen-bond acceptors (Lipinski definition) is 5. The minimum absolute atomic E-state index is 0.111. The van der Waals surface area contributed by atoms with E-state index in [0.29, 0.717) is 24.2 Å². The van der Waals surface area contributed by atoms with Crippen LogP contribution in [0.2, 0.25) is 0 Å². The van der Waals surface area contributed by atoms with E-state index in [9.17, 15) is 14.4 Å².